The number of amides is 1. The number of benzene rings is 1. The van der Waals surface area contributed by atoms with E-state index in [1.165, 1.54) is 11.8 Å². The molecule has 8 heteroatoms. The summed E-state index contributed by atoms with van der Waals surface area (Å²) >= 11 is 1.36. The van der Waals surface area contributed by atoms with Crippen LogP contribution < -0.4 is 5.32 Å². The molecule has 2 atom stereocenters. The van der Waals surface area contributed by atoms with Crippen molar-refractivity contribution < 1.29 is 13.2 Å². The second kappa shape index (κ2) is 6.76. The van der Waals surface area contributed by atoms with E-state index in [2.05, 4.69) is 17.2 Å². The Morgan fingerprint density at radius 1 is 1.38 bits per heavy atom. The molecule has 1 aromatic rings. The highest BCUT2D eigenvalue weighted by Gasteiger charge is 2.45. The van der Waals surface area contributed by atoms with Crippen molar-refractivity contribution in [3.63, 3.8) is 0 Å². The van der Waals surface area contributed by atoms with E-state index in [0.29, 0.717) is 0 Å². The second-order valence-corrected chi connectivity index (χ2v) is 9.18. The minimum atomic E-state index is -2.98. The van der Waals surface area contributed by atoms with E-state index < -0.39 is 9.84 Å². The maximum absolute atomic E-state index is 12.2. The van der Waals surface area contributed by atoms with E-state index >= 15 is 0 Å². The molecule has 3 rings (SSSR count). The van der Waals surface area contributed by atoms with Gasteiger partial charge in [0.05, 0.1) is 29.3 Å². The van der Waals surface area contributed by atoms with Crippen molar-refractivity contribution >= 4 is 38.4 Å². The van der Waals surface area contributed by atoms with E-state index in [0.717, 1.165) is 22.8 Å². The molecule has 0 spiro atoms. The van der Waals surface area contributed by atoms with Crippen LogP contribution in [0.2, 0.25) is 0 Å². The van der Waals surface area contributed by atoms with Gasteiger partial charge in [-0.15, -0.1) is 0 Å². The van der Waals surface area contributed by atoms with E-state index in [1.807, 2.05) is 36.2 Å². The molecule has 1 saturated heterocycles. The van der Waals surface area contributed by atoms with Gasteiger partial charge in [-0.05, 0) is 18.1 Å². The average molecular weight is 367 g/mol. The number of fused-ring (bicyclic) bond motifs is 1. The number of thioether (sulfide) groups is 1. The molecule has 2 aliphatic heterocycles. The monoisotopic (exact) mass is 367 g/mol. The number of aliphatic imine (C=N–C) groups is 1. The zero-order valence-corrected chi connectivity index (χ0v) is 15.4. The third kappa shape index (κ3) is 3.59. The molecular formula is C16H21N3O3S2. The minimum Gasteiger partial charge on any atom is -0.348 e. The fraction of sp³-hybridized carbons (Fsp3) is 0.500. The number of para-hydroxylation sites is 1. The summed E-state index contributed by atoms with van der Waals surface area (Å²) in [6, 6.07) is 7.49. The number of amidine groups is 1. The van der Waals surface area contributed by atoms with Crippen LogP contribution in [0.1, 0.15) is 12.5 Å². The molecule has 0 aliphatic carbocycles. The fourth-order valence-electron chi connectivity index (χ4n) is 3.08. The molecule has 1 N–H and O–H groups in total. The summed E-state index contributed by atoms with van der Waals surface area (Å²) in [5.74, 6) is 0.439. The minimum absolute atomic E-state index is 0.0818. The Balaban J connectivity index is 1.57. The maximum atomic E-state index is 12.2. The van der Waals surface area contributed by atoms with Gasteiger partial charge in [-0.1, -0.05) is 36.9 Å². The number of carbonyl (C=O) groups is 1. The average Bonchev–Trinajstić information content (AvgIpc) is 2.99. The van der Waals surface area contributed by atoms with Gasteiger partial charge < -0.3 is 10.2 Å². The van der Waals surface area contributed by atoms with Crippen molar-refractivity contribution in [1.82, 2.24) is 4.90 Å². The number of rotatable bonds is 4. The molecule has 0 bridgehead atoms. The molecule has 130 valence electrons. The summed E-state index contributed by atoms with van der Waals surface area (Å²) in [6.07, 6.45) is 0.858. The number of aryl methyl sites for hydroxylation is 1. The van der Waals surface area contributed by atoms with Gasteiger partial charge in [-0.2, -0.15) is 0 Å². The quantitative estimate of drug-likeness (QED) is 0.870. The highest BCUT2D eigenvalue weighted by atomic mass is 32.2. The Kier molecular flexibility index (Phi) is 4.87. The van der Waals surface area contributed by atoms with Gasteiger partial charge >= 0.3 is 0 Å². The Bertz CT molecular complexity index is 777. The Morgan fingerprint density at radius 3 is 2.83 bits per heavy atom. The highest BCUT2D eigenvalue weighted by Crippen LogP contribution is 2.29. The molecular weight excluding hydrogens is 346 g/mol. The lowest BCUT2D eigenvalue weighted by molar-refractivity contribution is -0.113. The van der Waals surface area contributed by atoms with Crippen molar-refractivity contribution in [1.29, 1.82) is 0 Å². The molecule has 0 unspecified atom stereocenters. The van der Waals surface area contributed by atoms with Crippen LogP contribution in [0.5, 0.6) is 0 Å². The Hall–Kier alpha value is -1.54. The molecule has 2 heterocycles. The predicted octanol–water partition coefficient (Wildman–Crippen LogP) is 1.39. The lowest BCUT2D eigenvalue weighted by Crippen LogP contribution is -2.35. The summed E-state index contributed by atoms with van der Waals surface area (Å²) < 4.78 is 23.3. The van der Waals surface area contributed by atoms with Crippen LogP contribution in [0.4, 0.5) is 5.69 Å². The van der Waals surface area contributed by atoms with Crippen molar-refractivity contribution in [3.05, 3.63) is 29.8 Å². The number of hydrogen-bond donors (Lipinski definition) is 1. The van der Waals surface area contributed by atoms with E-state index in [1.54, 1.807) is 0 Å². The number of likely N-dealkylation sites (N-methyl/N-ethyl adjacent to an activating group) is 1. The summed E-state index contributed by atoms with van der Waals surface area (Å²) in [5.41, 5.74) is 1.95. The summed E-state index contributed by atoms with van der Waals surface area (Å²) in [4.78, 5) is 18.6. The van der Waals surface area contributed by atoms with Crippen LogP contribution in [0.3, 0.4) is 0 Å². The number of nitrogens with one attached hydrogen (secondary N) is 1. The maximum Gasteiger partial charge on any atom is 0.234 e. The highest BCUT2D eigenvalue weighted by molar-refractivity contribution is 8.14. The first-order valence-corrected chi connectivity index (χ1v) is 10.7. The number of anilines is 1. The molecule has 1 aromatic carbocycles. The standard InChI is InChI=1S/C16H21N3O3S2/c1-3-11-6-4-5-7-12(11)17-15(20)8-23-16-18-13-9-24(21,22)10-14(13)19(16)2/h4-7,13-14H,3,8-10H2,1-2H3,(H,17,20)/t13-,14+/m0/s1. The lowest BCUT2D eigenvalue weighted by atomic mass is 10.1. The predicted molar refractivity (Wildman–Crippen MR) is 98.3 cm³/mol. The number of hydrogen-bond acceptors (Lipinski definition) is 6. The number of carbonyl (C=O) groups excluding carboxylic acids is 1. The van der Waals surface area contributed by atoms with Crippen LogP contribution in [-0.4, -0.2) is 60.8 Å². The molecule has 24 heavy (non-hydrogen) atoms. The second-order valence-electron chi connectivity index (χ2n) is 6.08. The van der Waals surface area contributed by atoms with Gasteiger partial charge in [0, 0.05) is 12.7 Å². The van der Waals surface area contributed by atoms with Gasteiger partial charge in [0.2, 0.25) is 5.91 Å². The van der Waals surface area contributed by atoms with Crippen LogP contribution in [0, 0.1) is 0 Å². The van der Waals surface area contributed by atoms with Crippen molar-refractivity contribution in [3.8, 4) is 0 Å². The van der Waals surface area contributed by atoms with Crippen molar-refractivity contribution in [2.75, 3.05) is 29.6 Å². The molecule has 0 radical (unpaired) electrons. The SMILES string of the molecule is CCc1ccccc1NC(=O)CSC1=N[C@H]2CS(=O)(=O)C[C@H]2N1C. The van der Waals surface area contributed by atoms with E-state index in [9.17, 15) is 13.2 Å². The summed E-state index contributed by atoms with van der Waals surface area (Å²) in [7, 11) is -1.13. The topological polar surface area (TPSA) is 78.8 Å². The van der Waals surface area contributed by atoms with E-state index in [4.69, 9.17) is 0 Å². The van der Waals surface area contributed by atoms with Gasteiger partial charge in [-0.3, -0.25) is 9.79 Å². The molecule has 1 amide bonds. The van der Waals surface area contributed by atoms with E-state index in [-0.39, 0.29) is 35.2 Å². The summed E-state index contributed by atoms with van der Waals surface area (Å²) in [5, 5.41) is 3.68. The normalized spacial score (nSPS) is 24.6. The van der Waals surface area contributed by atoms with Gasteiger partial charge in [0.1, 0.15) is 0 Å². The molecule has 0 saturated carbocycles. The molecule has 0 aromatic heterocycles. The smallest absolute Gasteiger partial charge is 0.234 e. The first-order chi connectivity index (χ1) is 11.4. The zero-order chi connectivity index (χ0) is 17.3. The van der Waals surface area contributed by atoms with Crippen LogP contribution >= 0.6 is 11.8 Å². The lowest BCUT2D eigenvalue weighted by Gasteiger charge is -2.20. The van der Waals surface area contributed by atoms with Crippen LogP contribution in [-0.2, 0) is 21.1 Å². The third-order valence-electron chi connectivity index (χ3n) is 4.37. The Morgan fingerprint density at radius 2 is 2.12 bits per heavy atom. The molecule has 1 fully saturated rings. The number of nitrogens with zero attached hydrogens (tertiary/aromatic N) is 2. The first kappa shape index (κ1) is 17.3. The Labute approximate surface area is 146 Å². The van der Waals surface area contributed by atoms with Gasteiger partial charge in [0.25, 0.3) is 0 Å². The largest absolute Gasteiger partial charge is 0.348 e. The third-order valence-corrected chi connectivity index (χ3v) is 7.13. The number of sulfone groups is 1. The molecule has 2 aliphatic rings. The van der Waals surface area contributed by atoms with Crippen LogP contribution in [0.25, 0.3) is 0 Å². The summed E-state index contributed by atoms with van der Waals surface area (Å²) in [6.45, 7) is 2.05. The van der Waals surface area contributed by atoms with Gasteiger partial charge in [0.15, 0.2) is 15.0 Å². The van der Waals surface area contributed by atoms with Crippen molar-refractivity contribution in [2.24, 2.45) is 4.99 Å². The first-order valence-electron chi connectivity index (χ1n) is 7.91. The fourth-order valence-corrected chi connectivity index (χ4v) is 5.89. The molecule has 6 nitrogen and oxygen atoms in total. The van der Waals surface area contributed by atoms with Gasteiger partial charge in [-0.25, -0.2) is 8.42 Å². The van der Waals surface area contributed by atoms with Crippen molar-refractivity contribution in [2.45, 2.75) is 25.4 Å². The van der Waals surface area contributed by atoms with Crippen LogP contribution in [0.15, 0.2) is 29.3 Å². The zero-order valence-electron chi connectivity index (χ0n) is 13.7.